The van der Waals surface area contributed by atoms with Crippen LogP contribution in [0.5, 0.6) is 0 Å². The second-order valence-corrected chi connectivity index (χ2v) is 6.10. The molecule has 5 nitrogen and oxygen atoms in total. The SMILES string of the molecule is CCCCCCCCC1(C)OC2COC(O)C(O)C2O1. The van der Waals surface area contributed by atoms with E-state index in [2.05, 4.69) is 6.92 Å². The maximum atomic E-state index is 9.87. The summed E-state index contributed by atoms with van der Waals surface area (Å²) in [5, 5.41) is 19.4. The molecule has 0 aromatic heterocycles. The van der Waals surface area contributed by atoms with Crippen LogP contribution in [0, 0.1) is 0 Å². The second kappa shape index (κ2) is 7.18. The number of aliphatic hydroxyl groups excluding tert-OH is 2. The van der Waals surface area contributed by atoms with E-state index in [0.717, 1.165) is 12.8 Å². The van der Waals surface area contributed by atoms with Crippen LogP contribution < -0.4 is 0 Å². The molecule has 2 N–H and O–H groups in total. The molecule has 0 aromatic carbocycles. The summed E-state index contributed by atoms with van der Waals surface area (Å²) in [6.45, 7) is 4.40. The summed E-state index contributed by atoms with van der Waals surface area (Å²) < 4.78 is 16.8. The Labute approximate surface area is 121 Å². The molecule has 2 fully saturated rings. The van der Waals surface area contributed by atoms with Crippen molar-refractivity contribution in [1.82, 2.24) is 0 Å². The van der Waals surface area contributed by atoms with E-state index in [1.54, 1.807) is 0 Å². The van der Waals surface area contributed by atoms with Gasteiger partial charge in [0.25, 0.3) is 0 Å². The number of hydrogen-bond acceptors (Lipinski definition) is 5. The van der Waals surface area contributed by atoms with Gasteiger partial charge >= 0.3 is 0 Å². The average molecular weight is 288 g/mol. The zero-order valence-corrected chi connectivity index (χ0v) is 12.6. The fourth-order valence-electron chi connectivity index (χ4n) is 3.00. The third kappa shape index (κ3) is 3.92. The average Bonchev–Trinajstić information content (AvgIpc) is 2.76. The minimum atomic E-state index is -1.17. The van der Waals surface area contributed by atoms with Crippen molar-refractivity contribution < 1.29 is 24.4 Å². The molecule has 0 bridgehead atoms. The van der Waals surface area contributed by atoms with Crippen molar-refractivity contribution in [3.8, 4) is 0 Å². The largest absolute Gasteiger partial charge is 0.385 e. The van der Waals surface area contributed by atoms with E-state index >= 15 is 0 Å². The Hall–Kier alpha value is -0.200. The highest BCUT2D eigenvalue weighted by atomic mass is 16.8. The minimum Gasteiger partial charge on any atom is -0.385 e. The number of ether oxygens (including phenoxy) is 3. The Kier molecular flexibility index (Phi) is 5.81. The predicted octanol–water partition coefficient (Wildman–Crippen LogP) is 1.95. The van der Waals surface area contributed by atoms with Gasteiger partial charge in [-0.15, -0.1) is 0 Å². The van der Waals surface area contributed by atoms with Gasteiger partial charge in [0.1, 0.15) is 18.3 Å². The van der Waals surface area contributed by atoms with Crippen molar-refractivity contribution in [1.29, 1.82) is 0 Å². The minimum absolute atomic E-state index is 0.273. The van der Waals surface area contributed by atoms with Crippen LogP contribution in [0.25, 0.3) is 0 Å². The molecule has 2 aliphatic heterocycles. The summed E-state index contributed by atoms with van der Waals surface area (Å²) in [6.07, 6.45) is 5.19. The molecular weight excluding hydrogens is 260 g/mol. The molecule has 5 atom stereocenters. The van der Waals surface area contributed by atoms with Crippen molar-refractivity contribution in [3.05, 3.63) is 0 Å². The summed E-state index contributed by atoms with van der Waals surface area (Å²) in [6, 6.07) is 0. The fourth-order valence-corrected chi connectivity index (χ4v) is 3.00. The molecule has 0 amide bonds. The number of unbranched alkanes of at least 4 members (excludes halogenated alkanes) is 5. The zero-order chi connectivity index (χ0) is 14.6. The van der Waals surface area contributed by atoms with Gasteiger partial charge in [0.2, 0.25) is 0 Å². The molecule has 0 radical (unpaired) electrons. The maximum Gasteiger partial charge on any atom is 0.183 e. The van der Waals surface area contributed by atoms with Gasteiger partial charge in [0.15, 0.2) is 12.1 Å². The van der Waals surface area contributed by atoms with Gasteiger partial charge in [-0.25, -0.2) is 0 Å². The van der Waals surface area contributed by atoms with Crippen LogP contribution in [0.3, 0.4) is 0 Å². The van der Waals surface area contributed by atoms with Crippen LogP contribution in [0.15, 0.2) is 0 Å². The number of aliphatic hydroxyl groups is 2. The van der Waals surface area contributed by atoms with Crippen LogP contribution in [0.4, 0.5) is 0 Å². The van der Waals surface area contributed by atoms with Crippen molar-refractivity contribution in [2.45, 2.75) is 89.2 Å². The van der Waals surface area contributed by atoms with Gasteiger partial charge < -0.3 is 24.4 Å². The zero-order valence-electron chi connectivity index (χ0n) is 12.6. The van der Waals surface area contributed by atoms with Gasteiger partial charge in [-0.1, -0.05) is 39.0 Å². The van der Waals surface area contributed by atoms with Gasteiger partial charge in [-0.2, -0.15) is 0 Å². The van der Waals surface area contributed by atoms with E-state index in [1.165, 1.54) is 32.1 Å². The molecule has 2 heterocycles. The number of hydrogen-bond donors (Lipinski definition) is 2. The first-order valence-electron chi connectivity index (χ1n) is 7.89. The van der Waals surface area contributed by atoms with Crippen LogP contribution in [-0.4, -0.2) is 47.2 Å². The molecule has 0 aromatic rings. The summed E-state index contributed by atoms with van der Waals surface area (Å²) >= 11 is 0. The van der Waals surface area contributed by atoms with E-state index in [-0.39, 0.29) is 12.7 Å². The van der Waals surface area contributed by atoms with E-state index in [0.29, 0.717) is 0 Å². The number of fused-ring (bicyclic) bond motifs is 1. The highest BCUT2D eigenvalue weighted by molar-refractivity contribution is 4.92. The van der Waals surface area contributed by atoms with Crippen molar-refractivity contribution in [3.63, 3.8) is 0 Å². The van der Waals surface area contributed by atoms with Gasteiger partial charge in [-0.3, -0.25) is 0 Å². The topological polar surface area (TPSA) is 68.2 Å². The van der Waals surface area contributed by atoms with E-state index < -0.39 is 24.3 Å². The lowest BCUT2D eigenvalue weighted by atomic mass is 10.1. The summed E-state index contributed by atoms with van der Waals surface area (Å²) in [7, 11) is 0. The smallest absolute Gasteiger partial charge is 0.183 e. The molecule has 2 aliphatic rings. The first-order chi connectivity index (χ1) is 9.56. The van der Waals surface area contributed by atoms with Crippen molar-refractivity contribution in [2.24, 2.45) is 0 Å². The lowest BCUT2D eigenvalue weighted by Gasteiger charge is -2.31. The van der Waals surface area contributed by atoms with Gasteiger partial charge in [0.05, 0.1) is 6.61 Å². The lowest BCUT2D eigenvalue weighted by molar-refractivity contribution is -0.230. The van der Waals surface area contributed by atoms with Crippen LogP contribution >= 0.6 is 0 Å². The molecule has 118 valence electrons. The highest BCUT2D eigenvalue weighted by Gasteiger charge is 2.51. The quantitative estimate of drug-likeness (QED) is 0.701. The summed E-state index contributed by atoms with van der Waals surface area (Å²) in [4.78, 5) is 0. The number of rotatable bonds is 7. The molecule has 20 heavy (non-hydrogen) atoms. The van der Waals surface area contributed by atoms with E-state index in [9.17, 15) is 10.2 Å². The van der Waals surface area contributed by atoms with Crippen LogP contribution in [0.2, 0.25) is 0 Å². The van der Waals surface area contributed by atoms with Crippen molar-refractivity contribution >= 4 is 0 Å². The van der Waals surface area contributed by atoms with Gasteiger partial charge in [0, 0.05) is 6.42 Å². The van der Waals surface area contributed by atoms with E-state index in [1.807, 2.05) is 6.92 Å². The molecule has 5 unspecified atom stereocenters. The molecular formula is C15H28O5. The van der Waals surface area contributed by atoms with Gasteiger partial charge in [-0.05, 0) is 13.3 Å². The monoisotopic (exact) mass is 288 g/mol. The third-order valence-electron chi connectivity index (χ3n) is 4.20. The molecule has 2 rings (SSSR count). The highest BCUT2D eigenvalue weighted by Crippen LogP contribution is 2.37. The molecule has 2 saturated heterocycles. The Bertz CT molecular complexity index is 298. The standard InChI is InChI=1S/C15H28O5/c1-3-4-5-6-7-8-9-15(2)19-11-10-18-14(17)12(16)13(11)20-15/h11-14,16-17H,3-10H2,1-2H3. The summed E-state index contributed by atoms with van der Waals surface area (Å²) in [5.74, 6) is -0.658. The second-order valence-electron chi connectivity index (χ2n) is 6.10. The van der Waals surface area contributed by atoms with Crippen LogP contribution in [-0.2, 0) is 14.2 Å². The van der Waals surface area contributed by atoms with Crippen LogP contribution in [0.1, 0.15) is 58.8 Å². The Balaban J connectivity index is 1.72. The Morgan fingerprint density at radius 2 is 1.75 bits per heavy atom. The molecule has 0 spiro atoms. The summed E-state index contributed by atoms with van der Waals surface area (Å²) in [5.41, 5.74) is 0. The normalized spacial score (nSPS) is 40.8. The molecule has 5 heteroatoms. The molecule has 0 saturated carbocycles. The first kappa shape index (κ1) is 16.2. The fraction of sp³-hybridized carbons (Fsp3) is 1.00. The molecule has 0 aliphatic carbocycles. The lowest BCUT2D eigenvalue weighted by Crippen LogP contribution is -2.51. The predicted molar refractivity (Wildman–Crippen MR) is 74.1 cm³/mol. The van der Waals surface area contributed by atoms with Crippen molar-refractivity contribution in [2.75, 3.05) is 6.61 Å². The van der Waals surface area contributed by atoms with E-state index in [4.69, 9.17) is 14.2 Å². The first-order valence-corrected chi connectivity index (χ1v) is 7.89. The third-order valence-corrected chi connectivity index (χ3v) is 4.20. The maximum absolute atomic E-state index is 9.87. The Morgan fingerprint density at radius 1 is 1.05 bits per heavy atom. The Morgan fingerprint density at radius 3 is 2.50 bits per heavy atom.